The molecule has 6 rings (SSSR count). The molecule has 64 heavy (non-hydrogen) atoms. The lowest BCUT2D eigenvalue weighted by Gasteiger charge is -2.29. The Labute approximate surface area is 386 Å². The van der Waals surface area contributed by atoms with Gasteiger partial charge in [-0.2, -0.15) is 0 Å². The molecule has 6 N–H and O–H groups in total. The lowest BCUT2D eigenvalue weighted by atomic mass is 9.84. The summed E-state index contributed by atoms with van der Waals surface area (Å²) in [5.74, 6) is 0.469. The van der Waals surface area contributed by atoms with E-state index in [9.17, 15) is 27.6 Å². The molecule has 0 spiro atoms. The van der Waals surface area contributed by atoms with Crippen LogP contribution < -0.4 is 27.0 Å². The van der Waals surface area contributed by atoms with Crippen molar-refractivity contribution >= 4 is 67.8 Å². The van der Waals surface area contributed by atoms with Gasteiger partial charge in [0.25, 0.3) is 22.3 Å². The first-order valence-electron chi connectivity index (χ1n) is 20.5. The largest absolute Gasteiger partial charge is 0.382 e. The molecule has 0 aromatic carbocycles. The maximum atomic E-state index is 11.7. The molecule has 4 amide bonds. The molecule has 0 bridgehead atoms. The molecule has 2 aromatic heterocycles. The number of carbonyl (C=O) groups excluding carboxylic acids is 4. The lowest BCUT2D eigenvalue weighted by Crippen LogP contribution is -2.38. The van der Waals surface area contributed by atoms with Gasteiger partial charge in [0.2, 0.25) is 15.0 Å². The van der Waals surface area contributed by atoms with Crippen molar-refractivity contribution in [2.24, 2.45) is 11.7 Å². The summed E-state index contributed by atoms with van der Waals surface area (Å²) >= 11 is 1.63. The van der Waals surface area contributed by atoms with Crippen molar-refractivity contribution in [2.75, 3.05) is 73.2 Å². The fourth-order valence-corrected chi connectivity index (χ4v) is 8.49. The van der Waals surface area contributed by atoms with Crippen LogP contribution in [-0.2, 0) is 44.8 Å². The maximum absolute atomic E-state index is 11.7. The number of sulfone groups is 1. The van der Waals surface area contributed by atoms with E-state index in [1.54, 1.807) is 32.6 Å². The molecule has 2 aliphatic carbocycles. The van der Waals surface area contributed by atoms with Crippen molar-refractivity contribution in [3.63, 3.8) is 0 Å². The van der Waals surface area contributed by atoms with Crippen molar-refractivity contribution in [3.8, 4) is 0 Å². The van der Waals surface area contributed by atoms with E-state index in [-0.39, 0.29) is 41.8 Å². The van der Waals surface area contributed by atoms with Crippen LogP contribution in [0.2, 0.25) is 0 Å². The zero-order chi connectivity index (χ0) is 44.7. The van der Waals surface area contributed by atoms with E-state index in [4.69, 9.17) is 24.7 Å². The summed E-state index contributed by atoms with van der Waals surface area (Å²) in [6, 6.07) is 4.82. The van der Waals surface area contributed by atoms with Gasteiger partial charge in [-0.05, 0) is 105 Å². The smallest absolute Gasteiger partial charge is 0.290 e. The fourth-order valence-electron chi connectivity index (χ4n) is 6.63. The summed E-state index contributed by atoms with van der Waals surface area (Å²) in [4.78, 5) is 62.1. The van der Waals surface area contributed by atoms with Gasteiger partial charge in [-0.25, -0.2) is 28.4 Å². The third-order valence-corrected chi connectivity index (χ3v) is 12.3. The number of aromatic nitrogens is 4. The van der Waals surface area contributed by atoms with E-state index in [1.165, 1.54) is 31.2 Å². The second kappa shape index (κ2) is 30.5. The molecule has 2 saturated carbocycles. The number of nitrogens with two attached hydrogens (primary N) is 1. The van der Waals surface area contributed by atoms with E-state index < -0.39 is 21.0 Å². The first-order chi connectivity index (χ1) is 29.8. The van der Waals surface area contributed by atoms with Gasteiger partial charge in [-0.1, -0.05) is 14.9 Å². The van der Waals surface area contributed by atoms with Crippen LogP contribution in [0.25, 0.3) is 12.2 Å². The Balaban J connectivity index is 0.000000348. The van der Waals surface area contributed by atoms with Crippen LogP contribution in [0.5, 0.6) is 0 Å². The van der Waals surface area contributed by atoms with E-state index in [2.05, 4.69) is 41.2 Å². The monoisotopic (exact) mass is 953 g/mol. The Morgan fingerprint density at radius 3 is 1.62 bits per heavy atom. The van der Waals surface area contributed by atoms with Crippen LogP contribution in [0.3, 0.4) is 0 Å². The molecule has 0 atom stereocenters. The number of carbonyl (C=O) groups is 4. The van der Waals surface area contributed by atoms with Crippen LogP contribution in [-0.4, -0.2) is 142 Å². The molecule has 2 aliphatic heterocycles. The number of rotatable bonds is 19. The maximum Gasteiger partial charge on any atom is 0.290 e. The van der Waals surface area contributed by atoms with Crippen LogP contribution in [0.15, 0.2) is 39.5 Å². The van der Waals surface area contributed by atoms with Crippen molar-refractivity contribution in [1.29, 1.82) is 0 Å². The molecule has 22 heteroatoms. The summed E-state index contributed by atoms with van der Waals surface area (Å²) in [6.45, 7) is 5.92. The highest BCUT2D eigenvalue weighted by atomic mass is 32.2. The van der Waals surface area contributed by atoms with Crippen molar-refractivity contribution in [3.05, 3.63) is 51.5 Å². The molecular weight excluding hydrogens is 887 g/mol. The summed E-state index contributed by atoms with van der Waals surface area (Å²) in [5.41, 5.74) is 6.75. The lowest BCUT2D eigenvalue weighted by molar-refractivity contribution is -0.116. The molecule has 4 aliphatic rings. The minimum atomic E-state index is -3.51. The Kier molecular flexibility index (Phi) is 26.9. The highest BCUT2D eigenvalue weighted by molar-refractivity contribution is 8.18. The van der Waals surface area contributed by atoms with E-state index in [1.807, 2.05) is 0 Å². The topological polar surface area (TPSA) is 265 Å². The summed E-state index contributed by atoms with van der Waals surface area (Å²) in [7, 11) is -0.147. The normalized spacial score (nSPS) is 22.1. The van der Waals surface area contributed by atoms with Gasteiger partial charge in [0.1, 0.15) is 5.82 Å². The number of nitrogens with one attached hydrogen (secondary N) is 4. The SMILES string of the molecule is C.C.COCCOCCNC1CCC(Cc2nccc(/C=C3\SC(=O)NC3=O)n2)CC1.COCCOCCNC1CCC(N)CC1.CS(=O)(=O)c1nccc(/C=C2\SC(=O)NC2=O)n1. The zero-order valence-electron chi connectivity index (χ0n) is 35.5. The van der Waals surface area contributed by atoms with Crippen LogP contribution in [0.1, 0.15) is 83.4 Å². The summed E-state index contributed by atoms with van der Waals surface area (Å²) in [6.07, 6.45) is 17.1. The van der Waals surface area contributed by atoms with Crippen molar-refractivity contribution < 1.29 is 46.5 Å². The Bertz CT molecular complexity index is 1940. The van der Waals surface area contributed by atoms with Gasteiger partial charge < -0.3 is 35.3 Å². The average molecular weight is 954 g/mol. The molecule has 358 valence electrons. The van der Waals surface area contributed by atoms with Crippen LogP contribution >= 0.6 is 23.5 Å². The number of methoxy groups -OCH3 is 2. The molecule has 19 nitrogen and oxygen atoms in total. The fraction of sp³-hybridized carbons (Fsp3) is 0.619. The zero-order valence-corrected chi connectivity index (χ0v) is 37.9. The quantitative estimate of drug-likeness (QED) is 0.0753. The molecular formula is C42H67N9O10S3. The molecule has 4 heterocycles. The minimum absolute atomic E-state index is 0. The van der Waals surface area contributed by atoms with Crippen molar-refractivity contribution in [2.45, 2.75) is 95.9 Å². The molecule has 0 radical (unpaired) electrons. The molecule has 4 fully saturated rings. The number of hydrogen-bond donors (Lipinski definition) is 5. The Morgan fingerprint density at radius 2 is 1.17 bits per heavy atom. The highest BCUT2D eigenvalue weighted by Crippen LogP contribution is 2.28. The second-order valence-electron chi connectivity index (χ2n) is 14.8. The number of thioether (sulfide) groups is 2. The predicted molar refractivity (Wildman–Crippen MR) is 250 cm³/mol. The third-order valence-electron chi connectivity index (χ3n) is 9.87. The highest BCUT2D eigenvalue weighted by Gasteiger charge is 2.27. The molecule has 0 unspecified atom stereocenters. The number of hydrogen-bond acceptors (Lipinski definition) is 19. The summed E-state index contributed by atoms with van der Waals surface area (Å²) in [5, 5.41) is 10.3. The predicted octanol–water partition coefficient (Wildman–Crippen LogP) is 4.14. The van der Waals surface area contributed by atoms with Gasteiger partial charge in [0.05, 0.1) is 60.8 Å². The third kappa shape index (κ3) is 21.5. The number of nitrogens with zero attached hydrogens (tertiary/aromatic N) is 4. The number of amides is 4. The minimum Gasteiger partial charge on any atom is -0.382 e. The van der Waals surface area contributed by atoms with Gasteiger partial charge >= 0.3 is 0 Å². The Hall–Kier alpha value is -3.71. The first-order valence-corrected chi connectivity index (χ1v) is 24.1. The van der Waals surface area contributed by atoms with Gasteiger partial charge in [0.15, 0.2) is 0 Å². The van der Waals surface area contributed by atoms with E-state index >= 15 is 0 Å². The Morgan fingerprint density at radius 1 is 0.703 bits per heavy atom. The number of imide groups is 2. The standard InChI is InChI=1S/C20H28N4O4S.C11H24N2O2.C9H7N3O4S2.2CH4/c1-27-10-11-28-9-8-21-15-4-2-14(3-5-15)12-18-22-7-6-16(23-18)13-17-19(25)24-20(26)29-17;1-14-8-9-15-7-6-13-11-4-2-10(12)3-5-11;1-18(15,16)8-10-3-2-5(11-8)4-6-7(13)12-9(14)17-6;;/h6-7,13-15,21H,2-5,8-12H2,1H3,(H,24,25,26);10-11,13H,2-9,12H2,1H3;2-4H,1H3,(H,12,13,14);2*1H4/b17-13-;;6-4-;;. The summed E-state index contributed by atoms with van der Waals surface area (Å²) < 4.78 is 43.2. The first kappa shape index (κ1) is 56.4. The van der Waals surface area contributed by atoms with Crippen LogP contribution in [0, 0.1) is 5.92 Å². The van der Waals surface area contributed by atoms with E-state index in [0.717, 1.165) is 100 Å². The van der Waals surface area contributed by atoms with E-state index in [0.29, 0.717) is 67.7 Å². The van der Waals surface area contributed by atoms with Gasteiger partial charge in [-0.15, -0.1) is 0 Å². The van der Waals surface area contributed by atoms with Crippen molar-refractivity contribution in [1.82, 2.24) is 41.2 Å². The number of ether oxygens (including phenoxy) is 4. The van der Waals surface area contributed by atoms with Gasteiger partial charge in [0, 0.05) is 70.5 Å². The molecule has 2 aromatic rings. The van der Waals surface area contributed by atoms with Gasteiger partial charge in [-0.3, -0.25) is 29.8 Å². The molecule has 2 saturated heterocycles. The second-order valence-corrected chi connectivity index (χ2v) is 18.7. The average Bonchev–Trinajstić information content (AvgIpc) is 3.74. The van der Waals surface area contributed by atoms with Crippen LogP contribution in [0.4, 0.5) is 9.59 Å².